The monoisotopic (exact) mass is 603 g/mol. The second-order valence-electron chi connectivity index (χ2n) is 16.5. The summed E-state index contributed by atoms with van der Waals surface area (Å²) in [6, 6.07) is 3.82. The molecule has 0 spiro atoms. The predicted molar refractivity (Wildman–Crippen MR) is 171 cm³/mol. The number of Topliss-reactive ketones (excluding diaryl/α,β-unsaturated/α-hetero) is 1. The quantitative estimate of drug-likeness (QED) is 0.211. The van der Waals surface area contributed by atoms with Crippen molar-refractivity contribution >= 4 is 23.7 Å². The largest absolute Gasteiger partial charge is 0.468 e. The third kappa shape index (κ3) is 4.21. The van der Waals surface area contributed by atoms with E-state index in [1.165, 1.54) is 12.7 Å². The molecule has 0 radical (unpaired) electrons. The number of methoxy groups -OCH3 is 1. The van der Waals surface area contributed by atoms with Gasteiger partial charge in [0.15, 0.2) is 5.78 Å². The molecule has 0 saturated heterocycles. The van der Waals surface area contributed by atoms with Gasteiger partial charge in [-0.3, -0.25) is 14.4 Å². The third-order valence-electron chi connectivity index (χ3n) is 14.6. The molecule has 6 heteroatoms. The Hall–Kier alpha value is -2.63. The van der Waals surface area contributed by atoms with E-state index >= 15 is 0 Å². The molecule has 0 aromatic carbocycles. The van der Waals surface area contributed by atoms with E-state index < -0.39 is 16.8 Å². The molecule has 1 heterocycles. The highest BCUT2D eigenvalue weighted by Crippen LogP contribution is 2.77. The maximum Gasteiger partial charge on any atom is 0.325 e. The summed E-state index contributed by atoms with van der Waals surface area (Å²) in [6.45, 7) is 18.5. The molecule has 5 aliphatic rings. The van der Waals surface area contributed by atoms with Crippen molar-refractivity contribution in [3.05, 3.63) is 41.9 Å². The summed E-state index contributed by atoms with van der Waals surface area (Å²) in [4.78, 5) is 40.0. The molecule has 1 amide bonds. The maximum absolute atomic E-state index is 14.0. The maximum atomic E-state index is 14.0. The van der Waals surface area contributed by atoms with Gasteiger partial charge in [-0.25, -0.2) is 0 Å². The van der Waals surface area contributed by atoms with Crippen molar-refractivity contribution in [2.45, 2.75) is 99.3 Å². The Bertz CT molecular complexity index is 1390. The molecule has 240 valence electrons. The molecule has 44 heavy (non-hydrogen) atoms. The number of carbonyl (C=O) groups excluding carboxylic acids is 3. The fraction of sp³-hybridized carbons (Fsp3) is 0.711. The number of nitrogens with one attached hydrogen (secondary N) is 1. The van der Waals surface area contributed by atoms with Gasteiger partial charge < -0.3 is 14.5 Å². The zero-order valence-corrected chi connectivity index (χ0v) is 28.0. The summed E-state index contributed by atoms with van der Waals surface area (Å²) >= 11 is 0. The van der Waals surface area contributed by atoms with Gasteiger partial charge in [-0.1, -0.05) is 46.8 Å². The molecular formula is C38H53NO5. The number of esters is 1. The lowest BCUT2D eigenvalue weighted by molar-refractivity contribution is -0.229. The van der Waals surface area contributed by atoms with Gasteiger partial charge in [-0.15, -0.1) is 0 Å². The van der Waals surface area contributed by atoms with Crippen molar-refractivity contribution in [1.29, 1.82) is 0 Å². The Morgan fingerprint density at radius 3 is 2.43 bits per heavy atom. The first kappa shape index (κ1) is 31.4. The summed E-state index contributed by atoms with van der Waals surface area (Å²) in [5.74, 6) is 2.39. The zero-order valence-electron chi connectivity index (χ0n) is 28.0. The fourth-order valence-electron chi connectivity index (χ4n) is 12.5. The summed E-state index contributed by atoms with van der Waals surface area (Å²) < 4.78 is 10.5. The van der Waals surface area contributed by atoms with Gasteiger partial charge in [0, 0.05) is 5.41 Å². The van der Waals surface area contributed by atoms with Crippen molar-refractivity contribution in [1.82, 2.24) is 5.32 Å². The van der Waals surface area contributed by atoms with Gasteiger partial charge in [0.05, 0.1) is 18.8 Å². The average molecular weight is 604 g/mol. The first-order chi connectivity index (χ1) is 20.7. The van der Waals surface area contributed by atoms with Gasteiger partial charge in [-0.05, 0) is 134 Å². The van der Waals surface area contributed by atoms with E-state index in [2.05, 4.69) is 53.4 Å². The summed E-state index contributed by atoms with van der Waals surface area (Å²) in [5.41, 5.74) is 1.34. The Labute approximate surface area is 263 Å². The standard InChI is InChI=1S/C38H53NO5/c1-23(2)26-13-16-38(33(42)39-22-30(40)43-8)18-17-36(6)27(31(26)38)11-12-29-35(5)21-24(20-25-10-9-19-44-25)32(41)34(3,4)28(35)14-15-37(29,36)7/h9-10,19-20,26-29,31H,1,11-18,21-22H2,2-8H3,(H,39,42)/b24-20-/t26-,27+,28-,29+,31+,35-,36+,37+,38-/m0/s1. The topological polar surface area (TPSA) is 85.6 Å². The minimum Gasteiger partial charge on any atom is -0.468 e. The SMILES string of the molecule is C=C(C)[C@@H]1CC[C@]2(C(=O)NCC(=O)OC)CC[C@]3(C)[C@H](CC[C@@H]4[C@@]5(C)C/C(=C/c6ccco6)C(=O)C(C)(C)[C@@H]5CC[C@]43C)[C@@H]12. The number of allylic oxidation sites excluding steroid dienone is 2. The molecule has 0 bridgehead atoms. The molecule has 9 atom stereocenters. The van der Waals surface area contributed by atoms with E-state index in [4.69, 9.17) is 9.15 Å². The smallest absolute Gasteiger partial charge is 0.325 e. The lowest BCUT2D eigenvalue weighted by atomic mass is 9.32. The number of rotatable bonds is 5. The molecule has 5 fully saturated rings. The molecule has 1 N–H and O–H groups in total. The van der Waals surface area contributed by atoms with Gasteiger partial charge in [-0.2, -0.15) is 0 Å². The molecule has 6 nitrogen and oxygen atoms in total. The number of carbonyl (C=O) groups is 3. The van der Waals surface area contributed by atoms with Crippen molar-refractivity contribution in [3.63, 3.8) is 0 Å². The van der Waals surface area contributed by atoms with Crippen LogP contribution in [-0.2, 0) is 19.1 Å². The van der Waals surface area contributed by atoms with Crippen LogP contribution in [0.4, 0.5) is 0 Å². The van der Waals surface area contributed by atoms with Crippen LogP contribution in [0.3, 0.4) is 0 Å². The number of furan rings is 1. The zero-order chi connectivity index (χ0) is 31.9. The number of ether oxygens (including phenoxy) is 1. The third-order valence-corrected chi connectivity index (χ3v) is 14.6. The lowest BCUT2D eigenvalue weighted by Gasteiger charge is -2.72. The lowest BCUT2D eigenvalue weighted by Crippen LogP contribution is -2.67. The molecule has 5 aliphatic carbocycles. The van der Waals surface area contributed by atoms with E-state index in [9.17, 15) is 14.4 Å². The van der Waals surface area contributed by atoms with Crippen molar-refractivity contribution in [2.24, 2.45) is 56.7 Å². The highest BCUT2D eigenvalue weighted by atomic mass is 16.5. The minimum absolute atomic E-state index is 0.00727. The number of amides is 1. The highest BCUT2D eigenvalue weighted by Gasteiger charge is 2.72. The van der Waals surface area contributed by atoms with E-state index in [1.807, 2.05) is 18.2 Å². The number of ketones is 1. The normalized spacial score (nSPS) is 43.3. The van der Waals surface area contributed by atoms with Crippen LogP contribution < -0.4 is 5.32 Å². The Balaban J connectivity index is 1.38. The van der Waals surface area contributed by atoms with E-state index in [0.717, 1.165) is 69.1 Å². The number of hydrogen-bond acceptors (Lipinski definition) is 5. The highest BCUT2D eigenvalue weighted by molar-refractivity contribution is 6.04. The average Bonchev–Trinajstić information content (AvgIpc) is 3.63. The molecule has 1 aromatic heterocycles. The fourth-order valence-corrected chi connectivity index (χ4v) is 12.5. The summed E-state index contributed by atoms with van der Waals surface area (Å²) in [5, 5.41) is 2.99. The van der Waals surface area contributed by atoms with Gasteiger partial charge in [0.1, 0.15) is 12.3 Å². The second-order valence-corrected chi connectivity index (χ2v) is 16.5. The van der Waals surface area contributed by atoms with Crippen LogP contribution in [0.15, 0.2) is 40.5 Å². The van der Waals surface area contributed by atoms with E-state index in [0.29, 0.717) is 23.7 Å². The Kier molecular flexibility index (Phi) is 7.45. The van der Waals surface area contributed by atoms with Crippen molar-refractivity contribution in [3.8, 4) is 0 Å². The van der Waals surface area contributed by atoms with Crippen LogP contribution in [0, 0.1) is 56.7 Å². The van der Waals surface area contributed by atoms with Crippen LogP contribution in [-0.4, -0.2) is 31.3 Å². The van der Waals surface area contributed by atoms with Crippen LogP contribution in [0.1, 0.15) is 105 Å². The minimum atomic E-state index is -0.468. The molecule has 5 saturated carbocycles. The molecule has 1 aromatic rings. The van der Waals surface area contributed by atoms with Crippen molar-refractivity contribution in [2.75, 3.05) is 13.7 Å². The van der Waals surface area contributed by atoms with Crippen LogP contribution >= 0.6 is 0 Å². The molecule has 0 unspecified atom stereocenters. The second kappa shape index (κ2) is 10.5. The summed E-state index contributed by atoms with van der Waals surface area (Å²) in [7, 11) is 1.36. The predicted octanol–water partition coefficient (Wildman–Crippen LogP) is 7.79. The van der Waals surface area contributed by atoms with E-state index in [-0.39, 0.29) is 40.4 Å². The Morgan fingerprint density at radius 1 is 1.02 bits per heavy atom. The molecule has 0 aliphatic heterocycles. The van der Waals surface area contributed by atoms with Crippen molar-refractivity contribution < 1.29 is 23.5 Å². The van der Waals surface area contributed by atoms with Gasteiger partial charge in [0.2, 0.25) is 5.91 Å². The number of hydrogen-bond donors (Lipinski definition) is 1. The van der Waals surface area contributed by atoms with E-state index in [1.54, 1.807) is 6.26 Å². The first-order valence-electron chi connectivity index (χ1n) is 16.9. The molecule has 6 rings (SSSR count). The first-order valence-corrected chi connectivity index (χ1v) is 16.9. The Morgan fingerprint density at radius 2 is 1.77 bits per heavy atom. The van der Waals surface area contributed by atoms with Crippen LogP contribution in [0.2, 0.25) is 0 Å². The number of fused-ring (bicyclic) bond motifs is 7. The summed E-state index contributed by atoms with van der Waals surface area (Å²) in [6.07, 6.45) is 12.5. The van der Waals surface area contributed by atoms with Crippen LogP contribution in [0.5, 0.6) is 0 Å². The van der Waals surface area contributed by atoms with Gasteiger partial charge in [0.25, 0.3) is 0 Å². The van der Waals surface area contributed by atoms with Gasteiger partial charge >= 0.3 is 5.97 Å². The van der Waals surface area contributed by atoms with Crippen LogP contribution in [0.25, 0.3) is 6.08 Å². The molecular weight excluding hydrogens is 550 g/mol.